The van der Waals surface area contributed by atoms with Gasteiger partial charge in [-0.2, -0.15) is 0 Å². The van der Waals surface area contributed by atoms with Crippen LogP contribution in [0.4, 0.5) is 16.2 Å². The van der Waals surface area contributed by atoms with Crippen molar-refractivity contribution in [2.75, 3.05) is 17.3 Å². The van der Waals surface area contributed by atoms with E-state index in [0.29, 0.717) is 10.7 Å². The van der Waals surface area contributed by atoms with Crippen molar-refractivity contribution in [2.45, 2.75) is 0 Å². The molecule has 2 rings (SSSR count). The highest BCUT2D eigenvalue weighted by Crippen LogP contribution is 2.20. The van der Waals surface area contributed by atoms with E-state index in [1.807, 2.05) is 24.3 Å². The number of rotatable bonds is 2. The van der Waals surface area contributed by atoms with Crippen molar-refractivity contribution >= 4 is 44.9 Å². The minimum atomic E-state index is -0.208. The van der Waals surface area contributed by atoms with Crippen molar-refractivity contribution in [2.24, 2.45) is 0 Å². The number of carbonyl (C=O) groups is 1. The third-order valence-electron chi connectivity index (χ3n) is 2.60. The molecule has 1 N–H and O–H groups in total. The van der Waals surface area contributed by atoms with Gasteiger partial charge in [0.25, 0.3) is 0 Å². The van der Waals surface area contributed by atoms with Crippen molar-refractivity contribution in [3.63, 3.8) is 0 Å². The summed E-state index contributed by atoms with van der Waals surface area (Å²) in [6.45, 7) is 0. The maximum atomic E-state index is 12.1. The molecule has 3 nitrogen and oxygen atoms in total. The molecule has 0 heterocycles. The Bertz CT molecular complexity index is 586. The topological polar surface area (TPSA) is 32.3 Å². The molecule has 0 aliphatic rings. The second kappa shape index (κ2) is 6.08. The quantitative estimate of drug-likeness (QED) is 0.839. The van der Waals surface area contributed by atoms with Crippen LogP contribution in [0.5, 0.6) is 0 Å². The van der Waals surface area contributed by atoms with E-state index in [1.165, 1.54) is 0 Å². The number of anilines is 2. The largest absolute Gasteiger partial charge is 0.326 e. The lowest BCUT2D eigenvalue weighted by atomic mass is 10.3. The summed E-state index contributed by atoms with van der Waals surface area (Å²) in [4.78, 5) is 13.6. The number of nitrogens with zero attached hydrogens (tertiary/aromatic N) is 1. The van der Waals surface area contributed by atoms with Gasteiger partial charge in [-0.25, -0.2) is 4.79 Å². The highest BCUT2D eigenvalue weighted by Gasteiger charge is 2.10. The first-order valence-corrected chi connectivity index (χ1v) is 6.79. The van der Waals surface area contributed by atoms with Gasteiger partial charge in [-0.3, -0.25) is 4.90 Å². The van der Waals surface area contributed by atoms with Gasteiger partial charge in [0.05, 0.1) is 0 Å². The fourth-order valence-electron chi connectivity index (χ4n) is 1.54. The summed E-state index contributed by atoms with van der Waals surface area (Å²) in [5.41, 5.74) is 1.51. The second-order valence-corrected chi connectivity index (χ2v) is 5.33. The zero-order valence-electron chi connectivity index (χ0n) is 10.2. The summed E-state index contributed by atoms with van der Waals surface area (Å²) in [6.07, 6.45) is 0. The highest BCUT2D eigenvalue weighted by atomic mass is 79.9. The average Bonchev–Trinajstić information content (AvgIpc) is 2.40. The molecule has 0 aliphatic carbocycles. The molecule has 2 amide bonds. The predicted molar refractivity (Wildman–Crippen MR) is 83.0 cm³/mol. The van der Waals surface area contributed by atoms with Crippen molar-refractivity contribution in [1.29, 1.82) is 0 Å². The molecule has 0 atom stereocenters. The van der Waals surface area contributed by atoms with E-state index in [-0.39, 0.29) is 6.03 Å². The summed E-state index contributed by atoms with van der Waals surface area (Å²) in [6, 6.07) is 14.3. The minimum Gasteiger partial charge on any atom is -0.308 e. The second-order valence-electron chi connectivity index (χ2n) is 3.98. The van der Waals surface area contributed by atoms with Crippen LogP contribution in [0.25, 0.3) is 0 Å². The van der Waals surface area contributed by atoms with Crippen LogP contribution in [0.2, 0.25) is 5.02 Å². The molecule has 2 aromatic carbocycles. The molecule has 0 radical (unpaired) electrons. The molecule has 0 fully saturated rings. The van der Waals surface area contributed by atoms with Gasteiger partial charge >= 0.3 is 6.03 Å². The minimum absolute atomic E-state index is 0.208. The summed E-state index contributed by atoms with van der Waals surface area (Å²) in [5.74, 6) is 0. The molecule has 98 valence electrons. The summed E-state index contributed by atoms with van der Waals surface area (Å²) in [5, 5.41) is 3.44. The Labute approximate surface area is 125 Å². The predicted octanol–water partition coefficient (Wildman–Crippen LogP) is 4.77. The van der Waals surface area contributed by atoms with E-state index >= 15 is 0 Å². The Balaban J connectivity index is 2.09. The first kappa shape index (κ1) is 13.9. The zero-order valence-corrected chi connectivity index (χ0v) is 12.6. The van der Waals surface area contributed by atoms with Gasteiger partial charge in [-0.1, -0.05) is 33.6 Å². The molecular formula is C14H12BrClN2O. The monoisotopic (exact) mass is 338 g/mol. The number of nitrogens with one attached hydrogen (secondary N) is 1. The van der Waals surface area contributed by atoms with Gasteiger partial charge in [0, 0.05) is 27.9 Å². The van der Waals surface area contributed by atoms with Gasteiger partial charge in [-0.15, -0.1) is 0 Å². The van der Waals surface area contributed by atoms with Crippen LogP contribution in [-0.2, 0) is 0 Å². The third kappa shape index (κ3) is 3.72. The summed E-state index contributed by atoms with van der Waals surface area (Å²) >= 11 is 9.18. The first-order chi connectivity index (χ1) is 9.06. The number of hydrogen-bond acceptors (Lipinski definition) is 1. The summed E-state index contributed by atoms with van der Waals surface area (Å²) in [7, 11) is 1.72. The number of urea groups is 1. The molecule has 5 heteroatoms. The van der Waals surface area contributed by atoms with Crippen LogP contribution in [0, 0.1) is 0 Å². The lowest BCUT2D eigenvalue weighted by molar-refractivity contribution is 0.258. The van der Waals surface area contributed by atoms with E-state index in [0.717, 1.165) is 10.2 Å². The normalized spacial score (nSPS) is 10.1. The maximum absolute atomic E-state index is 12.1. The number of benzene rings is 2. The lowest BCUT2D eigenvalue weighted by Gasteiger charge is -2.18. The van der Waals surface area contributed by atoms with Gasteiger partial charge in [0.1, 0.15) is 0 Å². The van der Waals surface area contributed by atoms with Crippen molar-refractivity contribution in [3.05, 3.63) is 58.0 Å². The van der Waals surface area contributed by atoms with Gasteiger partial charge in [0.2, 0.25) is 0 Å². The van der Waals surface area contributed by atoms with Crippen molar-refractivity contribution in [3.8, 4) is 0 Å². The highest BCUT2D eigenvalue weighted by molar-refractivity contribution is 9.10. The first-order valence-electron chi connectivity index (χ1n) is 5.62. The zero-order chi connectivity index (χ0) is 13.8. The third-order valence-corrected chi connectivity index (χ3v) is 3.34. The molecule has 0 saturated heterocycles. The Kier molecular flexibility index (Phi) is 4.45. The van der Waals surface area contributed by atoms with Crippen LogP contribution in [-0.4, -0.2) is 13.1 Å². The van der Waals surface area contributed by atoms with Crippen molar-refractivity contribution < 1.29 is 4.79 Å². The fourth-order valence-corrected chi connectivity index (χ4v) is 2.06. The molecular weight excluding hydrogens is 328 g/mol. The SMILES string of the molecule is CN(C(=O)Nc1ccc(Cl)cc1)c1cccc(Br)c1. The van der Waals surface area contributed by atoms with Crippen LogP contribution >= 0.6 is 27.5 Å². The molecule has 0 spiro atoms. The Morgan fingerprint density at radius 3 is 2.53 bits per heavy atom. The molecule has 0 aromatic heterocycles. The Morgan fingerprint density at radius 2 is 1.89 bits per heavy atom. The molecule has 0 saturated carbocycles. The van der Waals surface area contributed by atoms with Crippen LogP contribution < -0.4 is 10.2 Å². The average molecular weight is 340 g/mol. The van der Waals surface area contributed by atoms with E-state index in [2.05, 4.69) is 21.2 Å². The van der Waals surface area contributed by atoms with E-state index in [9.17, 15) is 4.79 Å². The van der Waals surface area contributed by atoms with Gasteiger partial charge in [-0.05, 0) is 42.5 Å². The summed E-state index contributed by atoms with van der Waals surface area (Å²) < 4.78 is 0.927. The molecule has 0 aliphatic heterocycles. The maximum Gasteiger partial charge on any atom is 0.326 e. The Hall–Kier alpha value is -1.52. The van der Waals surface area contributed by atoms with Crippen molar-refractivity contribution in [1.82, 2.24) is 0 Å². The Morgan fingerprint density at radius 1 is 1.21 bits per heavy atom. The number of hydrogen-bond donors (Lipinski definition) is 1. The molecule has 0 unspecified atom stereocenters. The molecule has 2 aromatic rings. The van der Waals surface area contributed by atoms with Crippen LogP contribution in [0.15, 0.2) is 53.0 Å². The number of amides is 2. The van der Waals surface area contributed by atoms with E-state index < -0.39 is 0 Å². The van der Waals surface area contributed by atoms with Crippen LogP contribution in [0.3, 0.4) is 0 Å². The molecule has 0 bridgehead atoms. The van der Waals surface area contributed by atoms with Gasteiger partial charge < -0.3 is 5.32 Å². The van der Waals surface area contributed by atoms with E-state index in [4.69, 9.17) is 11.6 Å². The lowest BCUT2D eigenvalue weighted by Crippen LogP contribution is -2.31. The van der Waals surface area contributed by atoms with E-state index in [1.54, 1.807) is 36.2 Å². The smallest absolute Gasteiger partial charge is 0.308 e. The van der Waals surface area contributed by atoms with Gasteiger partial charge in [0.15, 0.2) is 0 Å². The number of carbonyl (C=O) groups excluding carboxylic acids is 1. The molecule has 19 heavy (non-hydrogen) atoms. The number of halogens is 2. The van der Waals surface area contributed by atoms with Crippen LogP contribution in [0.1, 0.15) is 0 Å². The fraction of sp³-hybridized carbons (Fsp3) is 0.0714. The standard InChI is InChI=1S/C14H12BrClN2O/c1-18(13-4-2-3-10(15)9-13)14(19)17-12-7-5-11(16)6-8-12/h2-9H,1H3,(H,17,19).